The number of phosphoric acid groups is 3. The third-order valence-corrected chi connectivity index (χ3v) is 11.4. The number of ether oxygens (including phenoxy) is 1. The number of Topliss-reactive ketones (excluding diaryl/α,β-unsaturated/α-hetero) is 2. The summed E-state index contributed by atoms with van der Waals surface area (Å²) in [5, 5.41) is 35.8. The second-order valence-corrected chi connectivity index (χ2v) is 17.8. The molecular weight excluding hydrogens is 839 g/mol. The summed E-state index contributed by atoms with van der Waals surface area (Å²) < 4.78 is 61.9. The van der Waals surface area contributed by atoms with E-state index >= 15 is 0 Å². The average Bonchev–Trinajstić information content (AvgIpc) is 3.64. The van der Waals surface area contributed by atoms with Gasteiger partial charge in [0.15, 0.2) is 23.5 Å². The van der Waals surface area contributed by atoms with Crippen molar-refractivity contribution in [1.29, 1.82) is 0 Å². The predicted octanol–water partition coefficient (Wildman–Crippen LogP) is -1.45. The van der Waals surface area contributed by atoms with Gasteiger partial charge in [-0.25, -0.2) is 28.6 Å². The van der Waals surface area contributed by atoms with Gasteiger partial charge in [0.25, 0.3) is 0 Å². The summed E-state index contributed by atoms with van der Waals surface area (Å²) in [7, 11) is -16.5. The third-order valence-electron chi connectivity index (χ3n) is 7.39. The van der Waals surface area contributed by atoms with E-state index in [-0.39, 0.29) is 42.2 Å². The highest BCUT2D eigenvalue weighted by atomic mass is 32.2. The first-order valence-corrected chi connectivity index (χ1v) is 21.4. The Morgan fingerprint density at radius 1 is 1.05 bits per heavy atom. The van der Waals surface area contributed by atoms with Crippen molar-refractivity contribution in [3.8, 4) is 0 Å². The van der Waals surface area contributed by atoms with Crippen LogP contribution in [0.15, 0.2) is 12.7 Å². The summed E-state index contributed by atoms with van der Waals surface area (Å²) >= 11 is 0.730. The molecule has 1 aliphatic heterocycles. The lowest BCUT2D eigenvalue weighted by molar-refractivity contribution is -0.137. The van der Waals surface area contributed by atoms with Crippen molar-refractivity contribution < 1.29 is 90.4 Å². The number of thioether (sulfide) groups is 1. The van der Waals surface area contributed by atoms with Gasteiger partial charge in [-0.05, 0) is 6.92 Å². The number of aliphatic hydroxyl groups is 3. The standard InChI is InChI=1S/C26H41N7O19P3S/c1-13(34)8-14(35)25(40)56-7-6-28-16(36)4-5-29-23(39)20(38)26(2,3)10-49-55(46,47)52-54(44,45)48-9-15-19(51-53(41,42)43)18(37)24(50-15)33-12-32-17-21(27)30-11-31-22(17)33/h11-12,15,18-20,24,37-38,40H,4-10H2,1-3H3,(H,28,36)(H,29,39)(H,44,45)(H,46,47)(H2,27,30,31)(H2,41,42,43)/t15-,18-,19-,20?,24-/m1/s1. The van der Waals surface area contributed by atoms with Crippen LogP contribution in [0.2, 0.25) is 0 Å². The molecule has 0 saturated carbocycles. The van der Waals surface area contributed by atoms with Crippen LogP contribution >= 0.6 is 35.2 Å². The molecule has 1 aliphatic rings. The van der Waals surface area contributed by atoms with Crippen molar-refractivity contribution >= 4 is 75.6 Å². The van der Waals surface area contributed by atoms with Crippen molar-refractivity contribution in [2.75, 3.05) is 37.8 Å². The topological polar surface area (TPSA) is 401 Å². The predicted molar refractivity (Wildman–Crippen MR) is 188 cm³/mol. The van der Waals surface area contributed by atoms with E-state index in [1.165, 1.54) is 20.8 Å². The van der Waals surface area contributed by atoms with E-state index in [0.717, 1.165) is 29.0 Å². The fourth-order valence-corrected chi connectivity index (χ4v) is 8.12. The van der Waals surface area contributed by atoms with Crippen molar-refractivity contribution in [3.05, 3.63) is 18.1 Å². The molecule has 26 nitrogen and oxygen atoms in total. The number of ketones is 2. The number of nitrogens with zero attached hydrogens (tertiary/aromatic N) is 4. The van der Waals surface area contributed by atoms with Gasteiger partial charge in [0, 0.05) is 30.7 Å². The maximum Gasteiger partial charge on any atom is 0.481 e. The van der Waals surface area contributed by atoms with Crippen LogP contribution in [-0.2, 0) is 55.5 Å². The maximum absolute atomic E-state index is 12.7. The lowest BCUT2D eigenvalue weighted by Gasteiger charge is -2.30. The Balaban J connectivity index is 1.49. The number of rotatable bonds is 23. The van der Waals surface area contributed by atoms with Crippen LogP contribution < -0.4 is 16.4 Å². The van der Waals surface area contributed by atoms with Gasteiger partial charge in [0.2, 0.25) is 17.3 Å². The van der Waals surface area contributed by atoms with E-state index < -0.39 is 108 Å². The molecule has 7 atom stereocenters. The van der Waals surface area contributed by atoms with Crippen LogP contribution in [0.4, 0.5) is 5.82 Å². The molecular formula is C26H41N7O19P3S. The largest absolute Gasteiger partial charge is 0.481 e. The molecule has 3 unspecified atom stereocenters. The van der Waals surface area contributed by atoms with Gasteiger partial charge < -0.3 is 56.0 Å². The number of nitrogens with two attached hydrogens (primary N) is 1. The number of carbonyl (C=O) groups excluding carboxylic acids is 4. The first-order valence-electron chi connectivity index (χ1n) is 15.9. The van der Waals surface area contributed by atoms with E-state index in [4.69, 9.17) is 19.5 Å². The Kier molecular flexibility index (Phi) is 16.8. The highest BCUT2D eigenvalue weighted by molar-refractivity contribution is 8.02. The number of nitrogens with one attached hydrogen (secondary N) is 2. The van der Waals surface area contributed by atoms with Gasteiger partial charge in [0.1, 0.15) is 42.0 Å². The van der Waals surface area contributed by atoms with Crippen molar-refractivity contribution in [1.82, 2.24) is 30.2 Å². The lowest BCUT2D eigenvalue weighted by Crippen LogP contribution is -2.46. The third kappa shape index (κ3) is 14.2. The number of nitrogen functional groups attached to an aromatic ring is 1. The Morgan fingerprint density at radius 2 is 1.71 bits per heavy atom. The highest BCUT2D eigenvalue weighted by Crippen LogP contribution is 2.61. The molecule has 3 heterocycles. The molecule has 2 amide bonds. The van der Waals surface area contributed by atoms with Crippen molar-refractivity contribution in [3.63, 3.8) is 0 Å². The molecule has 0 spiro atoms. The van der Waals surface area contributed by atoms with E-state index in [9.17, 15) is 67.8 Å². The number of hydrogen-bond acceptors (Lipinski definition) is 20. The number of hydrogen-bond donors (Lipinski definition) is 10. The summed E-state index contributed by atoms with van der Waals surface area (Å²) in [6.45, 7) is 1.31. The monoisotopic (exact) mass is 880 g/mol. The summed E-state index contributed by atoms with van der Waals surface area (Å²) in [6, 6.07) is 0. The highest BCUT2D eigenvalue weighted by Gasteiger charge is 2.50. The normalized spacial score (nSPS) is 21.7. The summed E-state index contributed by atoms with van der Waals surface area (Å²) in [4.78, 5) is 97.9. The molecule has 1 radical (unpaired) electrons. The summed E-state index contributed by atoms with van der Waals surface area (Å²) in [6.07, 6.45) is -7.58. The number of imidazole rings is 1. The van der Waals surface area contributed by atoms with Crippen LogP contribution in [0, 0.1) is 10.9 Å². The molecule has 3 rings (SSSR count). The summed E-state index contributed by atoms with van der Waals surface area (Å²) in [5.41, 5.74) is 3.61. The van der Waals surface area contributed by atoms with E-state index in [2.05, 4.69) is 34.4 Å². The number of anilines is 1. The van der Waals surface area contributed by atoms with Crippen LogP contribution in [0.25, 0.3) is 11.2 Å². The Morgan fingerprint density at radius 3 is 2.36 bits per heavy atom. The zero-order valence-electron chi connectivity index (χ0n) is 29.6. The molecule has 2 aromatic rings. The Labute approximate surface area is 321 Å². The fraction of sp³-hybridized carbons (Fsp3) is 0.615. The Hall–Kier alpha value is -2.81. The molecule has 0 bridgehead atoms. The SMILES string of the molecule is CC(=O)CC(=O)[C](O)SCCNC(=O)CCNC(=O)C(O)C(C)(C)COP(=O)(O)OP(=O)(O)OC[C@H]1O[C@@H](n2cnc3c(N)ncnc32)[C@H](O)[C@@H]1OP(=O)(O)O. The molecule has 0 aromatic carbocycles. The molecule has 56 heavy (non-hydrogen) atoms. The van der Waals surface area contributed by atoms with Gasteiger partial charge >= 0.3 is 23.5 Å². The van der Waals surface area contributed by atoms with Gasteiger partial charge in [-0.2, -0.15) is 4.31 Å². The lowest BCUT2D eigenvalue weighted by atomic mass is 9.87. The zero-order chi connectivity index (χ0) is 42.2. The number of aromatic nitrogens is 4. The minimum absolute atomic E-state index is 0.0182. The minimum Gasteiger partial charge on any atom is -0.386 e. The van der Waals surface area contributed by atoms with E-state index in [1.54, 1.807) is 0 Å². The molecule has 1 saturated heterocycles. The minimum atomic E-state index is -5.59. The number of phosphoric ester groups is 3. The molecule has 315 valence electrons. The van der Waals surface area contributed by atoms with Gasteiger partial charge in [-0.3, -0.25) is 37.3 Å². The Bertz CT molecular complexity index is 1880. The molecule has 30 heteroatoms. The van der Waals surface area contributed by atoms with Crippen LogP contribution in [0.5, 0.6) is 0 Å². The number of fused-ring (bicyclic) bond motifs is 1. The first-order chi connectivity index (χ1) is 25.8. The van der Waals surface area contributed by atoms with E-state index in [1.807, 2.05) is 0 Å². The fourth-order valence-electron chi connectivity index (χ4n) is 4.66. The number of aliphatic hydroxyl groups excluding tert-OH is 3. The molecule has 1 fully saturated rings. The second-order valence-electron chi connectivity index (χ2n) is 12.5. The quantitative estimate of drug-likeness (QED) is 0.0347. The molecule has 2 aromatic heterocycles. The van der Waals surface area contributed by atoms with Crippen molar-refractivity contribution in [2.24, 2.45) is 5.41 Å². The van der Waals surface area contributed by atoms with Crippen LogP contribution in [0.3, 0.4) is 0 Å². The molecule has 0 aliphatic carbocycles. The average molecular weight is 881 g/mol. The van der Waals surface area contributed by atoms with Crippen LogP contribution in [0.1, 0.15) is 39.8 Å². The summed E-state index contributed by atoms with van der Waals surface area (Å²) in [5.74, 6) is -2.70. The molecule has 11 N–H and O–H groups in total. The second kappa shape index (κ2) is 19.8. The van der Waals surface area contributed by atoms with Crippen molar-refractivity contribution in [2.45, 2.75) is 64.3 Å². The van der Waals surface area contributed by atoms with Gasteiger partial charge in [-0.15, -0.1) is 11.8 Å². The van der Waals surface area contributed by atoms with Crippen LogP contribution in [-0.4, -0.2) is 134 Å². The van der Waals surface area contributed by atoms with E-state index in [0.29, 0.717) is 0 Å². The van der Waals surface area contributed by atoms with Gasteiger partial charge in [0.05, 0.1) is 26.0 Å². The number of amides is 2. The first kappa shape index (κ1) is 47.6. The number of carbonyl (C=O) groups is 4. The smallest absolute Gasteiger partial charge is 0.386 e. The van der Waals surface area contributed by atoms with Gasteiger partial charge in [-0.1, -0.05) is 13.8 Å². The maximum atomic E-state index is 12.7. The zero-order valence-corrected chi connectivity index (χ0v) is 33.1.